The highest BCUT2D eigenvalue weighted by atomic mass is 19.1. The topological polar surface area (TPSA) is 68.1 Å². The number of imidazole rings is 1. The van der Waals surface area contributed by atoms with Crippen molar-refractivity contribution in [2.45, 2.75) is 6.92 Å². The molecular formula is C15H12FN5O. The van der Waals surface area contributed by atoms with Crippen LogP contribution >= 0.6 is 0 Å². The third-order valence-corrected chi connectivity index (χ3v) is 3.44. The van der Waals surface area contributed by atoms with Gasteiger partial charge in [-0.15, -0.1) is 0 Å². The van der Waals surface area contributed by atoms with Crippen molar-refractivity contribution in [3.8, 4) is 17.1 Å². The number of halogens is 1. The predicted octanol–water partition coefficient (Wildman–Crippen LogP) is 2.81. The Bertz CT molecular complexity index is 975. The minimum Gasteiger partial charge on any atom is -0.464 e. The molecule has 0 spiro atoms. The van der Waals surface area contributed by atoms with Crippen LogP contribution in [0.4, 0.5) is 4.39 Å². The Morgan fingerprint density at radius 1 is 1.36 bits per heavy atom. The van der Waals surface area contributed by atoms with E-state index in [0.29, 0.717) is 23.9 Å². The molecule has 0 aromatic carbocycles. The number of aromatic nitrogens is 5. The van der Waals surface area contributed by atoms with E-state index in [-0.39, 0.29) is 5.82 Å². The summed E-state index contributed by atoms with van der Waals surface area (Å²) in [6, 6.07) is 1.78. The first-order chi connectivity index (χ1) is 10.8. The number of H-pyrrole nitrogens is 1. The van der Waals surface area contributed by atoms with E-state index < -0.39 is 0 Å². The summed E-state index contributed by atoms with van der Waals surface area (Å²) in [5.74, 6) is -0.372. The maximum absolute atomic E-state index is 14.1. The first-order valence-electron chi connectivity index (χ1n) is 6.86. The summed E-state index contributed by atoms with van der Waals surface area (Å²) in [6.45, 7) is 2.37. The molecule has 4 aromatic heterocycles. The Morgan fingerprint density at radius 2 is 2.27 bits per heavy atom. The molecule has 4 aromatic rings. The van der Waals surface area contributed by atoms with Gasteiger partial charge in [-0.25, -0.2) is 14.4 Å². The van der Waals surface area contributed by atoms with Gasteiger partial charge in [-0.3, -0.25) is 0 Å². The summed E-state index contributed by atoms with van der Waals surface area (Å²) < 4.78 is 21.0. The monoisotopic (exact) mass is 297 g/mol. The lowest BCUT2D eigenvalue weighted by atomic mass is 10.1. The molecule has 0 atom stereocenters. The zero-order valence-electron chi connectivity index (χ0n) is 11.7. The van der Waals surface area contributed by atoms with Crippen LogP contribution in [0.5, 0.6) is 6.01 Å². The second-order valence-electron chi connectivity index (χ2n) is 4.79. The average Bonchev–Trinajstić information content (AvgIpc) is 3.13. The van der Waals surface area contributed by atoms with Gasteiger partial charge in [0, 0.05) is 47.5 Å². The van der Waals surface area contributed by atoms with E-state index in [0.717, 1.165) is 16.5 Å². The van der Waals surface area contributed by atoms with Gasteiger partial charge in [-0.05, 0) is 13.0 Å². The molecule has 110 valence electrons. The SMILES string of the molecule is CCOc1ncc2c(-c3cc(F)c4nccn4c3)c[nH]c2n1. The van der Waals surface area contributed by atoms with Gasteiger partial charge >= 0.3 is 6.01 Å². The van der Waals surface area contributed by atoms with Crippen LogP contribution in [-0.2, 0) is 0 Å². The van der Waals surface area contributed by atoms with Crippen LogP contribution in [-0.4, -0.2) is 30.9 Å². The number of nitrogens with one attached hydrogen (secondary N) is 1. The number of hydrogen-bond acceptors (Lipinski definition) is 4. The summed E-state index contributed by atoms with van der Waals surface area (Å²) in [4.78, 5) is 15.5. The molecule has 0 radical (unpaired) electrons. The molecule has 0 fully saturated rings. The third-order valence-electron chi connectivity index (χ3n) is 3.44. The summed E-state index contributed by atoms with van der Waals surface area (Å²) in [6.07, 6.45) is 8.56. The minimum absolute atomic E-state index is 0.304. The zero-order valence-corrected chi connectivity index (χ0v) is 11.7. The minimum atomic E-state index is -0.372. The summed E-state index contributed by atoms with van der Waals surface area (Å²) >= 11 is 0. The normalized spacial score (nSPS) is 11.4. The highest BCUT2D eigenvalue weighted by molar-refractivity contribution is 5.93. The molecule has 0 saturated heterocycles. The Balaban J connectivity index is 1.88. The number of ether oxygens (including phenoxy) is 1. The molecular weight excluding hydrogens is 285 g/mol. The van der Waals surface area contributed by atoms with Crippen LogP contribution in [0.3, 0.4) is 0 Å². The van der Waals surface area contributed by atoms with Crippen LogP contribution in [0.25, 0.3) is 27.8 Å². The van der Waals surface area contributed by atoms with E-state index in [1.807, 2.05) is 13.1 Å². The molecule has 0 aliphatic rings. The molecule has 7 heteroatoms. The molecule has 0 aliphatic carbocycles. The molecule has 4 rings (SSSR count). The largest absolute Gasteiger partial charge is 0.464 e. The van der Waals surface area contributed by atoms with E-state index in [1.54, 1.807) is 29.2 Å². The summed E-state index contributed by atoms with van der Waals surface area (Å²) in [5.41, 5.74) is 2.51. The maximum atomic E-state index is 14.1. The summed E-state index contributed by atoms with van der Waals surface area (Å²) in [7, 11) is 0. The van der Waals surface area contributed by atoms with E-state index in [4.69, 9.17) is 4.74 Å². The maximum Gasteiger partial charge on any atom is 0.318 e. The van der Waals surface area contributed by atoms with Crippen LogP contribution in [0.15, 0.2) is 37.1 Å². The smallest absolute Gasteiger partial charge is 0.318 e. The lowest BCUT2D eigenvalue weighted by molar-refractivity contribution is 0.314. The Labute approximate surface area is 124 Å². The van der Waals surface area contributed by atoms with Gasteiger partial charge in [0.15, 0.2) is 11.5 Å². The van der Waals surface area contributed by atoms with Crippen molar-refractivity contribution < 1.29 is 9.13 Å². The fourth-order valence-electron chi connectivity index (χ4n) is 2.47. The molecule has 1 N–H and O–H groups in total. The Kier molecular flexibility index (Phi) is 2.78. The van der Waals surface area contributed by atoms with E-state index in [9.17, 15) is 4.39 Å². The molecule has 0 aliphatic heterocycles. The van der Waals surface area contributed by atoms with Gasteiger partial charge in [-0.2, -0.15) is 4.98 Å². The quantitative estimate of drug-likeness (QED) is 0.631. The third kappa shape index (κ3) is 1.90. The number of pyridine rings is 1. The van der Waals surface area contributed by atoms with E-state index in [1.165, 1.54) is 6.07 Å². The van der Waals surface area contributed by atoms with Gasteiger partial charge < -0.3 is 14.1 Å². The molecule has 4 heterocycles. The number of rotatable bonds is 3. The average molecular weight is 297 g/mol. The lowest BCUT2D eigenvalue weighted by Gasteiger charge is -2.03. The van der Waals surface area contributed by atoms with Crippen molar-refractivity contribution in [2.75, 3.05) is 6.61 Å². The molecule has 0 saturated carbocycles. The summed E-state index contributed by atoms with van der Waals surface area (Å²) in [5, 5.41) is 0.808. The van der Waals surface area contributed by atoms with Gasteiger partial charge in [-0.1, -0.05) is 0 Å². The molecule has 0 amide bonds. The van der Waals surface area contributed by atoms with E-state index >= 15 is 0 Å². The second-order valence-corrected chi connectivity index (χ2v) is 4.79. The van der Waals surface area contributed by atoms with Crippen LogP contribution in [0.1, 0.15) is 6.92 Å². The second kappa shape index (κ2) is 4.80. The Morgan fingerprint density at radius 3 is 3.14 bits per heavy atom. The van der Waals surface area contributed by atoms with Crippen molar-refractivity contribution in [1.29, 1.82) is 0 Å². The van der Waals surface area contributed by atoms with Crippen molar-refractivity contribution in [3.63, 3.8) is 0 Å². The number of aromatic amines is 1. The highest BCUT2D eigenvalue weighted by Crippen LogP contribution is 2.29. The van der Waals surface area contributed by atoms with Gasteiger partial charge in [0.1, 0.15) is 5.65 Å². The van der Waals surface area contributed by atoms with Crippen LogP contribution in [0.2, 0.25) is 0 Å². The highest BCUT2D eigenvalue weighted by Gasteiger charge is 2.12. The van der Waals surface area contributed by atoms with Gasteiger partial charge in [0.05, 0.1) is 6.61 Å². The van der Waals surface area contributed by atoms with Gasteiger partial charge in [0.25, 0.3) is 0 Å². The lowest BCUT2D eigenvalue weighted by Crippen LogP contribution is -1.97. The molecule has 0 bridgehead atoms. The predicted molar refractivity (Wildman–Crippen MR) is 79.2 cm³/mol. The van der Waals surface area contributed by atoms with Gasteiger partial charge in [0.2, 0.25) is 0 Å². The van der Waals surface area contributed by atoms with Crippen LogP contribution < -0.4 is 4.74 Å². The fraction of sp³-hybridized carbons (Fsp3) is 0.133. The van der Waals surface area contributed by atoms with E-state index in [2.05, 4.69) is 19.9 Å². The molecule has 22 heavy (non-hydrogen) atoms. The number of fused-ring (bicyclic) bond motifs is 2. The molecule has 0 unspecified atom stereocenters. The van der Waals surface area contributed by atoms with Crippen LogP contribution in [0, 0.1) is 5.82 Å². The van der Waals surface area contributed by atoms with Crippen molar-refractivity contribution >= 4 is 16.7 Å². The van der Waals surface area contributed by atoms with Crippen molar-refractivity contribution in [1.82, 2.24) is 24.3 Å². The molecule has 6 nitrogen and oxygen atoms in total. The van der Waals surface area contributed by atoms with Crippen molar-refractivity contribution in [2.24, 2.45) is 0 Å². The number of hydrogen-bond donors (Lipinski definition) is 1. The van der Waals surface area contributed by atoms with Crippen molar-refractivity contribution in [3.05, 3.63) is 42.9 Å². The Hall–Kier alpha value is -2.96. The first-order valence-corrected chi connectivity index (χ1v) is 6.86. The fourth-order valence-corrected chi connectivity index (χ4v) is 2.47. The first kappa shape index (κ1) is 12.8. The zero-order chi connectivity index (χ0) is 15.1. The number of nitrogens with zero attached hydrogens (tertiary/aromatic N) is 4. The standard InChI is InChI=1S/C15H12FN5O/c1-2-22-15-19-7-11-10(6-18-13(11)20-15)9-5-12(16)14-17-3-4-21(14)8-9/h3-8H,2H2,1H3,(H,18,19,20).